The van der Waals surface area contributed by atoms with E-state index in [0.29, 0.717) is 12.5 Å². The standard InChI is InChI=1S/C16H24ClN3O.2ClH/c1-12(18)11-16(21)20-9-7-19(8-10-20)13(2)14-3-5-15(17)6-4-14;;/h3-6,12-13H,7-11,18H2,1-2H3;2*1H. The SMILES string of the molecule is CC(N)CC(=O)N1CCN(C(C)c2ccc(Cl)cc2)CC1.Cl.Cl. The van der Waals surface area contributed by atoms with Gasteiger partial charge in [0.25, 0.3) is 0 Å². The van der Waals surface area contributed by atoms with Gasteiger partial charge in [-0.05, 0) is 31.5 Å². The molecule has 2 rings (SSSR count). The fraction of sp³-hybridized carbons (Fsp3) is 0.562. The topological polar surface area (TPSA) is 49.6 Å². The maximum Gasteiger partial charge on any atom is 0.224 e. The van der Waals surface area contributed by atoms with Crippen LogP contribution in [0.1, 0.15) is 31.9 Å². The Morgan fingerprint density at radius 1 is 1.13 bits per heavy atom. The van der Waals surface area contributed by atoms with Crippen LogP contribution in [0, 0.1) is 0 Å². The number of carbonyl (C=O) groups is 1. The minimum Gasteiger partial charge on any atom is -0.340 e. The smallest absolute Gasteiger partial charge is 0.224 e. The molecule has 0 aromatic heterocycles. The molecular weight excluding hydrogens is 357 g/mol. The fourth-order valence-electron chi connectivity index (χ4n) is 2.72. The summed E-state index contributed by atoms with van der Waals surface area (Å²) in [5.41, 5.74) is 6.95. The average Bonchev–Trinajstić information content (AvgIpc) is 2.47. The molecular formula is C16H26Cl3N3O. The van der Waals surface area contributed by atoms with Gasteiger partial charge in [0.15, 0.2) is 0 Å². The molecule has 2 atom stereocenters. The third-order valence-corrected chi connectivity index (χ3v) is 4.32. The summed E-state index contributed by atoms with van der Waals surface area (Å²) in [5, 5.41) is 0.761. The molecule has 4 nitrogen and oxygen atoms in total. The lowest BCUT2D eigenvalue weighted by Crippen LogP contribution is -2.50. The van der Waals surface area contributed by atoms with Crippen LogP contribution in [0.2, 0.25) is 5.02 Å². The van der Waals surface area contributed by atoms with E-state index in [1.165, 1.54) is 5.56 Å². The molecule has 1 heterocycles. The Kier molecular flexibility index (Phi) is 10.1. The summed E-state index contributed by atoms with van der Waals surface area (Å²) >= 11 is 5.93. The van der Waals surface area contributed by atoms with Crippen molar-refractivity contribution in [1.82, 2.24) is 9.80 Å². The highest BCUT2D eigenvalue weighted by Gasteiger charge is 2.24. The molecule has 1 aromatic rings. The minimum atomic E-state index is -0.0662. The molecule has 1 aliphatic heterocycles. The van der Waals surface area contributed by atoms with Gasteiger partial charge in [-0.2, -0.15) is 0 Å². The fourth-order valence-corrected chi connectivity index (χ4v) is 2.84. The van der Waals surface area contributed by atoms with Crippen LogP contribution in [0.25, 0.3) is 0 Å². The van der Waals surface area contributed by atoms with Crippen molar-refractivity contribution in [1.29, 1.82) is 0 Å². The van der Waals surface area contributed by atoms with Crippen LogP contribution >= 0.6 is 36.4 Å². The number of benzene rings is 1. The second-order valence-corrected chi connectivity index (χ2v) is 6.26. The predicted octanol–water partition coefficient (Wildman–Crippen LogP) is 3.13. The van der Waals surface area contributed by atoms with Crippen molar-refractivity contribution >= 4 is 42.3 Å². The van der Waals surface area contributed by atoms with Gasteiger partial charge in [-0.15, -0.1) is 24.8 Å². The normalized spacial score (nSPS) is 17.7. The number of nitrogens with two attached hydrogens (primary N) is 1. The van der Waals surface area contributed by atoms with E-state index in [1.54, 1.807) is 0 Å². The number of rotatable bonds is 4. The van der Waals surface area contributed by atoms with E-state index >= 15 is 0 Å². The van der Waals surface area contributed by atoms with Crippen molar-refractivity contribution in [3.63, 3.8) is 0 Å². The van der Waals surface area contributed by atoms with Crippen LogP contribution in [0.4, 0.5) is 0 Å². The maximum absolute atomic E-state index is 12.0. The third-order valence-electron chi connectivity index (χ3n) is 4.06. The molecule has 132 valence electrons. The summed E-state index contributed by atoms with van der Waals surface area (Å²) in [7, 11) is 0. The van der Waals surface area contributed by atoms with Gasteiger partial charge >= 0.3 is 0 Å². The van der Waals surface area contributed by atoms with Crippen molar-refractivity contribution in [2.75, 3.05) is 26.2 Å². The summed E-state index contributed by atoms with van der Waals surface area (Å²) in [6.07, 6.45) is 0.437. The third kappa shape index (κ3) is 6.48. The van der Waals surface area contributed by atoms with Gasteiger partial charge in [0.1, 0.15) is 0 Å². The van der Waals surface area contributed by atoms with Crippen LogP contribution in [0.3, 0.4) is 0 Å². The summed E-state index contributed by atoms with van der Waals surface area (Å²) in [6, 6.07) is 8.27. The van der Waals surface area contributed by atoms with Gasteiger partial charge < -0.3 is 10.6 Å². The summed E-state index contributed by atoms with van der Waals surface area (Å²) in [5.74, 6) is 0.170. The highest BCUT2D eigenvalue weighted by atomic mass is 35.5. The van der Waals surface area contributed by atoms with Crippen molar-refractivity contribution < 1.29 is 4.79 Å². The van der Waals surface area contributed by atoms with Gasteiger partial charge in [-0.25, -0.2) is 0 Å². The van der Waals surface area contributed by atoms with Gasteiger partial charge in [-0.1, -0.05) is 23.7 Å². The number of amides is 1. The first kappa shape index (κ1) is 22.5. The lowest BCUT2D eigenvalue weighted by Gasteiger charge is -2.38. The van der Waals surface area contributed by atoms with Gasteiger partial charge in [0.2, 0.25) is 5.91 Å². The van der Waals surface area contributed by atoms with Crippen LogP contribution in [0.5, 0.6) is 0 Å². The molecule has 0 radical (unpaired) electrons. The maximum atomic E-state index is 12.0. The van der Waals surface area contributed by atoms with Crippen molar-refractivity contribution in [3.8, 4) is 0 Å². The molecule has 0 saturated carbocycles. The Bertz CT molecular complexity index is 474. The number of carbonyl (C=O) groups excluding carboxylic acids is 1. The molecule has 1 aromatic carbocycles. The number of halogens is 3. The Balaban J connectivity index is 0.00000242. The zero-order valence-corrected chi connectivity index (χ0v) is 16.0. The highest BCUT2D eigenvalue weighted by Crippen LogP contribution is 2.23. The monoisotopic (exact) mass is 381 g/mol. The Labute approximate surface area is 156 Å². The summed E-state index contributed by atoms with van der Waals surface area (Å²) in [4.78, 5) is 16.3. The molecule has 23 heavy (non-hydrogen) atoms. The van der Waals surface area contributed by atoms with E-state index in [4.69, 9.17) is 17.3 Å². The van der Waals surface area contributed by atoms with Crippen molar-refractivity contribution in [2.24, 2.45) is 5.73 Å². The molecule has 2 unspecified atom stereocenters. The van der Waals surface area contributed by atoms with Gasteiger partial charge in [-0.3, -0.25) is 9.69 Å². The van der Waals surface area contributed by atoms with E-state index in [0.717, 1.165) is 31.2 Å². The Hall–Kier alpha value is -0.520. The average molecular weight is 383 g/mol. The lowest BCUT2D eigenvalue weighted by molar-refractivity contribution is -0.133. The molecule has 0 spiro atoms. The molecule has 1 fully saturated rings. The van der Waals surface area contributed by atoms with Crippen molar-refractivity contribution in [3.05, 3.63) is 34.9 Å². The minimum absolute atomic E-state index is 0. The number of nitrogens with zero attached hydrogens (tertiary/aromatic N) is 2. The largest absolute Gasteiger partial charge is 0.340 e. The first-order valence-corrected chi connectivity index (χ1v) is 7.88. The Morgan fingerprint density at radius 3 is 2.13 bits per heavy atom. The van der Waals surface area contributed by atoms with Crippen LogP contribution in [0.15, 0.2) is 24.3 Å². The van der Waals surface area contributed by atoms with E-state index < -0.39 is 0 Å². The zero-order chi connectivity index (χ0) is 15.4. The summed E-state index contributed by atoms with van der Waals surface area (Å²) in [6.45, 7) is 7.43. The molecule has 2 N–H and O–H groups in total. The highest BCUT2D eigenvalue weighted by molar-refractivity contribution is 6.30. The molecule has 1 amide bonds. The van der Waals surface area contributed by atoms with Crippen LogP contribution in [-0.4, -0.2) is 47.9 Å². The number of hydrogen-bond donors (Lipinski definition) is 1. The zero-order valence-electron chi connectivity index (χ0n) is 13.6. The molecule has 1 saturated heterocycles. The predicted molar refractivity (Wildman–Crippen MR) is 101 cm³/mol. The second-order valence-electron chi connectivity index (χ2n) is 5.83. The second kappa shape index (κ2) is 10.4. The summed E-state index contributed by atoms with van der Waals surface area (Å²) < 4.78 is 0. The van der Waals surface area contributed by atoms with E-state index in [9.17, 15) is 4.79 Å². The Morgan fingerprint density at radius 2 is 1.65 bits per heavy atom. The first-order valence-electron chi connectivity index (χ1n) is 7.50. The molecule has 0 bridgehead atoms. The number of piperazine rings is 1. The van der Waals surface area contributed by atoms with Crippen LogP contribution < -0.4 is 5.73 Å². The van der Waals surface area contributed by atoms with Gasteiger partial charge in [0, 0.05) is 49.7 Å². The van der Waals surface area contributed by atoms with E-state index in [2.05, 4.69) is 24.0 Å². The number of hydrogen-bond acceptors (Lipinski definition) is 3. The van der Waals surface area contributed by atoms with Crippen LogP contribution in [-0.2, 0) is 4.79 Å². The first-order chi connectivity index (χ1) is 9.97. The van der Waals surface area contributed by atoms with E-state index in [1.807, 2.05) is 24.0 Å². The molecule has 0 aliphatic carbocycles. The quantitative estimate of drug-likeness (QED) is 0.870. The molecule has 7 heteroatoms. The van der Waals surface area contributed by atoms with Gasteiger partial charge in [0.05, 0.1) is 0 Å². The molecule has 1 aliphatic rings. The van der Waals surface area contributed by atoms with Crippen molar-refractivity contribution in [2.45, 2.75) is 32.4 Å². The van der Waals surface area contributed by atoms with E-state index in [-0.39, 0.29) is 36.8 Å². The lowest BCUT2D eigenvalue weighted by atomic mass is 10.1.